The molecule has 2 rings (SSSR count). The number of benzene rings is 1. The van der Waals surface area contributed by atoms with Crippen molar-refractivity contribution in [1.29, 1.82) is 0 Å². The average Bonchev–Trinajstić information content (AvgIpc) is 2.47. The Morgan fingerprint density at radius 1 is 1.26 bits per heavy atom. The Morgan fingerprint density at radius 2 is 2.00 bits per heavy atom. The summed E-state index contributed by atoms with van der Waals surface area (Å²) in [5, 5.41) is 13.1. The van der Waals surface area contributed by atoms with Crippen LogP contribution in [0.15, 0.2) is 42.5 Å². The Hall–Kier alpha value is -2.27. The highest BCUT2D eigenvalue weighted by Crippen LogP contribution is 2.21. The highest BCUT2D eigenvalue weighted by Gasteiger charge is 2.08. The molecule has 1 atom stereocenters. The van der Waals surface area contributed by atoms with Gasteiger partial charge in [0.1, 0.15) is 5.82 Å². The third kappa shape index (κ3) is 3.35. The number of nitrogens with one attached hydrogen (secondary N) is 1. The number of anilines is 2. The fourth-order valence-corrected chi connectivity index (χ4v) is 1.71. The van der Waals surface area contributed by atoms with Crippen LogP contribution in [0.3, 0.4) is 0 Å². The number of nitrogen functional groups attached to an aromatic ring is 1. The molecule has 100 valence electrons. The first-order valence-corrected chi connectivity index (χ1v) is 5.98. The molecule has 2 aromatic rings. The van der Waals surface area contributed by atoms with Gasteiger partial charge in [0.05, 0.1) is 18.9 Å². The maximum atomic E-state index is 10.0. The Kier molecular flexibility index (Phi) is 4.20. The van der Waals surface area contributed by atoms with Gasteiger partial charge in [-0.15, -0.1) is 0 Å². The molecule has 1 unspecified atom stereocenters. The molecule has 0 aliphatic carbocycles. The number of ether oxygens (including phenoxy) is 1. The van der Waals surface area contributed by atoms with Crippen molar-refractivity contribution in [2.45, 2.75) is 6.10 Å². The molecule has 0 spiro atoms. The summed E-state index contributed by atoms with van der Waals surface area (Å²) in [6.45, 7) is 0.365. The van der Waals surface area contributed by atoms with Crippen LogP contribution in [-0.4, -0.2) is 23.7 Å². The minimum atomic E-state index is -0.591. The summed E-state index contributed by atoms with van der Waals surface area (Å²) in [5.74, 6) is 0.986. The second-order valence-electron chi connectivity index (χ2n) is 4.10. The lowest BCUT2D eigenvalue weighted by Crippen LogP contribution is -2.13. The zero-order valence-corrected chi connectivity index (χ0v) is 10.7. The smallest absolute Gasteiger partial charge is 0.238 e. The molecule has 0 radical (unpaired) electrons. The van der Waals surface area contributed by atoms with Gasteiger partial charge in [0, 0.05) is 6.54 Å². The van der Waals surface area contributed by atoms with Gasteiger partial charge < -0.3 is 20.9 Å². The summed E-state index contributed by atoms with van der Waals surface area (Å²) >= 11 is 0. The highest BCUT2D eigenvalue weighted by atomic mass is 16.5. The number of nitrogens with zero attached hydrogens (tertiary/aromatic N) is 1. The second-order valence-corrected chi connectivity index (χ2v) is 4.10. The largest absolute Gasteiger partial charge is 0.479 e. The number of nitrogens with two attached hydrogens (primary N) is 1. The topological polar surface area (TPSA) is 80.4 Å². The SMILES string of the molecule is COc1nc(NCC(O)c2ccccc2)ccc1N. The molecule has 19 heavy (non-hydrogen) atoms. The van der Waals surface area contributed by atoms with E-state index in [1.165, 1.54) is 7.11 Å². The Labute approximate surface area is 112 Å². The lowest BCUT2D eigenvalue weighted by Gasteiger charge is -2.13. The molecule has 0 aliphatic rings. The maximum Gasteiger partial charge on any atom is 0.238 e. The predicted octanol–water partition coefficient (Wildman–Crippen LogP) is 1.82. The van der Waals surface area contributed by atoms with Gasteiger partial charge in [-0.1, -0.05) is 30.3 Å². The molecule has 5 heteroatoms. The van der Waals surface area contributed by atoms with Gasteiger partial charge in [0.25, 0.3) is 0 Å². The lowest BCUT2D eigenvalue weighted by molar-refractivity contribution is 0.191. The van der Waals surface area contributed by atoms with E-state index in [0.717, 1.165) is 5.56 Å². The molecule has 1 aromatic carbocycles. The fourth-order valence-electron chi connectivity index (χ4n) is 1.71. The van der Waals surface area contributed by atoms with Gasteiger partial charge in [-0.2, -0.15) is 4.98 Å². The predicted molar refractivity (Wildman–Crippen MR) is 75.1 cm³/mol. The van der Waals surface area contributed by atoms with Gasteiger partial charge in [-0.25, -0.2) is 0 Å². The van der Waals surface area contributed by atoms with Crippen LogP contribution in [0.2, 0.25) is 0 Å². The number of pyridine rings is 1. The van der Waals surface area contributed by atoms with Gasteiger partial charge in [-0.3, -0.25) is 0 Å². The van der Waals surface area contributed by atoms with Crippen LogP contribution < -0.4 is 15.8 Å². The molecule has 0 saturated heterocycles. The third-order valence-electron chi connectivity index (χ3n) is 2.74. The minimum Gasteiger partial charge on any atom is -0.479 e. The van der Waals surface area contributed by atoms with E-state index in [1.54, 1.807) is 12.1 Å². The number of aliphatic hydroxyl groups is 1. The van der Waals surface area contributed by atoms with Gasteiger partial charge in [0.15, 0.2) is 0 Å². The minimum absolute atomic E-state index is 0.365. The summed E-state index contributed by atoms with van der Waals surface area (Å²) in [6, 6.07) is 12.9. The van der Waals surface area contributed by atoms with E-state index in [-0.39, 0.29) is 0 Å². The first kappa shape index (κ1) is 13.2. The third-order valence-corrected chi connectivity index (χ3v) is 2.74. The van der Waals surface area contributed by atoms with Crippen LogP contribution in [0, 0.1) is 0 Å². The van der Waals surface area contributed by atoms with Gasteiger partial charge in [-0.05, 0) is 17.7 Å². The number of aromatic nitrogens is 1. The van der Waals surface area contributed by atoms with E-state index in [0.29, 0.717) is 23.9 Å². The van der Waals surface area contributed by atoms with Crippen molar-refractivity contribution in [2.24, 2.45) is 0 Å². The second kappa shape index (κ2) is 6.06. The Morgan fingerprint density at radius 3 is 2.68 bits per heavy atom. The average molecular weight is 259 g/mol. The normalized spacial score (nSPS) is 11.9. The molecule has 5 nitrogen and oxygen atoms in total. The summed E-state index contributed by atoms with van der Waals surface area (Å²) in [4.78, 5) is 4.19. The number of rotatable bonds is 5. The van der Waals surface area contributed by atoms with Crippen LogP contribution in [0.1, 0.15) is 11.7 Å². The summed E-state index contributed by atoms with van der Waals surface area (Å²) in [7, 11) is 1.52. The van der Waals surface area contributed by atoms with Crippen LogP contribution in [0.4, 0.5) is 11.5 Å². The van der Waals surface area contributed by atoms with Gasteiger partial charge >= 0.3 is 0 Å². The number of methoxy groups -OCH3 is 1. The molecular weight excluding hydrogens is 242 g/mol. The van der Waals surface area contributed by atoms with E-state index in [4.69, 9.17) is 10.5 Å². The molecule has 0 amide bonds. The van der Waals surface area contributed by atoms with Crippen LogP contribution in [-0.2, 0) is 0 Å². The maximum absolute atomic E-state index is 10.0. The van der Waals surface area contributed by atoms with Crippen molar-refractivity contribution in [3.63, 3.8) is 0 Å². The summed E-state index contributed by atoms with van der Waals surface area (Å²) in [6.07, 6.45) is -0.591. The van der Waals surface area contributed by atoms with E-state index in [2.05, 4.69) is 10.3 Å². The lowest BCUT2D eigenvalue weighted by atomic mass is 10.1. The van der Waals surface area contributed by atoms with E-state index < -0.39 is 6.10 Å². The highest BCUT2D eigenvalue weighted by molar-refractivity contribution is 5.53. The van der Waals surface area contributed by atoms with Crippen molar-refractivity contribution in [3.8, 4) is 5.88 Å². The molecule has 0 bridgehead atoms. The van der Waals surface area contributed by atoms with Crippen molar-refractivity contribution in [1.82, 2.24) is 4.98 Å². The fraction of sp³-hybridized carbons (Fsp3) is 0.214. The zero-order chi connectivity index (χ0) is 13.7. The monoisotopic (exact) mass is 259 g/mol. The van der Waals surface area contributed by atoms with Crippen LogP contribution in [0.25, 0.3) is 0 Å². The van der Waals surface area contributed by atoms with Crippen molar-refractivity contribution >= 4 is 11.5 Å². The van der Waals surface area contributed by atoms with Gasteiger partial charge in [0.2, 0.25) is 5.88 Å². The molecule has 0 aliphatic heterocycles. The first-order chi connectivity index (χ1) is 9.20. The van der Waals surface area contributed by atoms with E-state index in [9.17, 15) is 5.11 Å². The Bertz CT molecular complexity index is 531. The number of aliphatic hydroxyl groups excluding tert-OH is 1. The molecule has 1 heterocycles. The van der Waals surface area contributed by atoms with E-state index >= 15 is 0 Å². The molecule has 1 aromatic heterocycles. The molecular formula is C14H17N3O2. The molecule has 0 saturated carbocycles. The summed E-state index contributed by atoms with van der Waals surface area (Å²) in [5.41, 5.74) is 7.02. The quantitative estimate of drug-likeness (QED) is 0.763. The Balaban J connectivity index is 1.99. The number of hydrogen-bond acceptors (Lipinski definition) is 5. The van der Waals surface area contributed by atoms with Crippen molar-refractivity contribution in [2.75, 3.05) is 24.7 Å². The van der Waals surface area contributed by atoms with Crippen LogP contribution >= 0.6 is 0 Å². The van der Waals surface area contributed by atoms with E-state index in [1.807, 2.05) is 30.3 Å². The van der Waals surface area contributed by atoms with Crippen LogP contribution in [0.5, 0.6) is 5.88 Å². The molecule has 4 N–H and O–H groups in total. The van der Waals surface area contributed by atoms with Crippen molar-refractivity contribution < 1.29 is 9.84 Å². The molecule has 0 fully saturated rings. The standard InChI is InChI=1S/C14H17N3O2/c1-19-14-11(15)7-8-13(17-14)16-9-12(18)10-5-3-2-4-6-10/h2-8,12,18H,9,15H2,1H3,(H,16,17). The first-order valence-electron chi connectivity index (χ1n) is 5.98. The van der Waals surface area contributed by atoms with Crippen molar-refractivity contribution in [3.05, 3.63) is 48.0 Å². The zero-order valence-electron chi connectivity index (χ0n) is 10.7. The summed E-state index contributed by atoms with van der Waals surface area (Å²) < 4.78 is 5.04. The number of hydrogen-bond donors (Lipinski definition) is 3.